The van der Waals surface area contributed by atoms with Crippen LogP contribution in [-0.2, 0) is 9.59 Å². The van der Waals surface area contributed by atoms with E-state index in [0.717, 1.165) is 25.9 Å². The molecule has 2 amide bonds. The summed E-state index contributed by atoms with van der Waals surface area (Å²) in [5.41, 5.74) is 0.0596. The van der Waals surface area contributed by atoms with Crippen molar-refractivity contribution in [2.24, 2.45) is 5.92 Å². The molecule has 2 aliphatic rings. The number of rotatable bonds is 3. The molecule has 0 aliphatic carbocycles. The Balaban J connectivity index is 1.63. The number of aromatic amines is 1. The molecule has 1 fully saturated rings. The standard InChI is InChI=1S/C20H21Cl2N5O3/c1-10-4-6-27(7-5-10)20-25-17-16(19(30)26-20)12(9-15(28)24-17)18(29)23-14-3-2-11(21)8-13(14)22/h2-3,8,10,12H,4-7,9H2,1H3,(H,23,29)(H2,24,25,26,28,30)/t12-/m0/s1. The Morgan fingerprint density at radius 2 is 1.97 bits per heavy atom. The van der Waals surface area contributed by atoms with Crippen molar-refractivity contribution in [3.05, 3.63) is 44.2 Å². The Morgan fingerprint density at radius 1 is 1.23 bits per heavy atom. The third kappa shape index (κ3) is 4.15. The second-order valence-electron chi connectivity index (χ2n) is 7.74. The van der Waals surface area contributed by atoms with Crippen LogP contribution < -0.4 is 21.1 Å². The van der Waals surface area contributed by atoms with Gasteiger partial charge in [-0.1, -0.05) is 30.1 Å². The molecular weight excluding hydrogens is 429 g/mol. The minimum absolute atomic E-state index is 0.131. The third-order valence-corrected chi connectivity index (χ3v) is 6.08. The molecule has 0 unspecified atom stereocenters. The molecule has 0 radical (unpaired) electrons. The molecule has 158 valence electrons. The van der Waals surface area contributed by atoms with Crippen LogP contribution in [0.15, 0.2) is 23.0 Å². The maximum atomic E-state index is 12.9. The van der Waals surface area contributed by atoms with Crippen molar-refractivity contribution in [3.63, 3.8) is 0 Å². The lowest BCUT2D eigenvalue weighted by Gasteiger charge is -2.31. The predicted molar refractivity (Wildman–Crippen MR) is 117 cm³/mol. The summed E-state index contributed by atoms with van der Waals surface area (Å²) in [7, 11) is 0. The molecule has 0 saturated carbocycles. The lowest BCUT2D eigenvalue weighted by Crippen LogP contribution is -2.39. The van der Waals surface area contributed by atoms with Gasteiger partial charge in [0.05, 0.1) is 22.2 Å². The Bertz CT molecular complexity index is 1060. The topological polar surface area (TPSA) is 107 Å². The molecule has 10 heteroatoms. The van der Waals surface area contributed by atoms with Crippen LogP contribution in [0.4, 0.5) is 17.5 Å². The zero-order valence-corrected chi connectivity index (χ0v) is 17.8. The summed E-state index contributed by atoms with van der Waals surface area (Å²) in [6.45, 7) is 3.74. The monoisotopic (exact) mass is 449 g/mol. The summed E-state index contributed by atoms with van der Waals surface area (Å²) in [5.74, 6) is -0.702. The Hall–Kier alpha value is -2.58. The summed E-state index contributed by atoms with van der Waals surface area (Å²) in [6.07, 6.45) is 1.84. The van der Waals surface area contributed by atoms with Crippen LogP contribution in [0.2, 0.25) is 10.0 Å². The van der Waals surface area contributed by atoms with Crippen LogP contribution in [0.5, 0.6) is 0 Å². The van der Waals surface area contributed by atoms with Crippen LogP contribution in [-0.4, -0.2) is 34.9 Å². The number of H-pyrrole nitrogens is 1. The summed E-state index contributed by atoms with van der Waals surface area (Å²) in [5, 5.41) is 6.01. The predicted octanol–water partition coefficient (Wildman–Crippen LogP) is 3.38. The second kappa shape index (κ2) is 8.28. The number of anilines is 3. The van der Waals surface area contributed by atoms with Crippen molar-refractivity contribution < 1.29 is 9.59 Å². The highest BCUT2D eigenvalue weighted by Gasteiger charge is 2.35. The fourth-order valence-corrected chi connectivity index (χ4v) is 4.22. The van der Waals surface area contributed by atoms with Gasteiger partial charge in [0.25, 0.3) is 5.56 Å². The van der Waals surface area contributed by atoms with Crippen LogP contribution in [0.3, 0.4) is 0 Å². The lowest BCUT2D eigenvalue weighted by atomic mass is 9.92. The number of halogens is 2. The van der Waals surface area contributed by atoms with E-state index in [2.05, 4.69) is 27.5 Å². The van der Waals surface area contributed by atoms with Gasteiger partial charge in [0.15, 0.2) is 0 Å². The van der Waals surface area contributed by atoms with Crippen LogP contribution in [0.1, 0.15) is 37.7 Å². The molecule has 1 aromatic carbocycles. The Morgan fingerprint density at radius 3 is 2.67 bits per heavy atom. The highest BCUT2D eigenvalue weighted by molar-refractivity contribution is 6.36. The molecular formula is C20H21Cl2N5O3. The van der Waals surface area contributed by atoms with Crippen molar-refractivity contribution in [1.82, 2.24) is 9.97 Å². The molecule has 0 spiro atoms. The van der Waals surface area contributed by atoms with Crippen LogP contribution in [0, 0.1) is 5.92 Å². The molecule has 2 aromatic rings. The number of benzene rings is 1. The summed E-state index contributed by atoms with van der Waals surface area (Å²) >= 11 is 12.0. The summed E-state index contributed by atoms with van der Waals surface area (Å²) < 4.78 is 0. The van der Waals surface area contributed by atoms with Gasteiger partial charge in [0.1, 0.15) is 5.82 Å². The quantitative estimate of drug-likeness (QED) is 0.665. The number of hydrogen-bond acceptors (Lipinski definition) is 5. The minimum Gasteiger partial charge on any atom is -0.342 e. The zero-order valence-electron chi connectivity index (χ0n) is 16.3. The fourth-order valence-electron chi connectivity index (χ4n) is 3.76. The van der Waals surface area contributed by atoms with Gasteiger partial charge in [-0.15, -0.1) is 0 Å². The Kier molecular flexibility index (Phi) is 5.71. The Labute approximate surface area is 183 Å². The van der Waals surface area contributed by atoms with Gasteiger partial charge in [-0.3, -0.25) is 19.4 Å². The molecule has 30 heavy (non-hydrogen) atoms. The molecule has 8 nitrogen and oxygen atoms in total. The smallest absolute Gasteiger partial charge is 0.258 e. The van der Waals surface area contributed by atoms with E-state index in [9.17, 15) is 14.4 Å². The summed E-state index contributed by atoms with van der Waals surface area (Å²) in [4.78, 5) is 47.3. The number of piperidine rings is 1. The number of aromatic nitrogens is 2. The summed E-state index contributed by atoms with van der Waals surface area (Å²) in [6, 6.07) is 4.65. The highest BCUT2D eigenvalue weighted by atomic mass is 35.5. The SMILES string of the molecule is CC1CCN(c2nc3c(c(=O)[nH]2)[C@@H](C(=O)Nc2ccc(Cl)cc2Cl)CC(=O)N3)CC1. The number of nitrogens with zero attached hydrogens (tertiary/aromatic N) is 2. The van der Waals surface area contributed by atoms with Crippen molar-refractivity contribution in [2.45, 2.75) is 32.1 Å². The lowest BCUT2D eigenvalue weighted by molar-refractivity contribution is -0.123. The number of carbonyl (C=O) groups excluding carboxylic acids is 2. The van der Waals surface area contributed by atoms with Crippen LogP contribution >= 0.6 is 23.2 Å². The molecule has 3 heterocycles. The first-order valence-corrected chi connectivity index (χ1v) is 10.5. The van der Waals surface area contributed by atoms with E-state index in [4.69, 9.17) is 23.2 Å². The van der Waals surface area contributed by atoms with Crippen molar-refractivity contribution in [3.8, 4) is 0 Å². The van der Waals surface area contributed by atoms with Gasteiger partial charge in [-0.05, 0) is 37.0 Å². The number of hydrogen-bond donors (Lipinski definition) is 3. The van der Waals surface area contributed by atoms with E-state index >= 15 is 0 Å². The zero-order chi connectivity index (χ0) is 21.4. The first kappa shape index (κ1) is 20.7. The largest absolute Gasteiger partial charge is 0.342 e. The van der Waals surface area contributed by atoms with Crippen molar-refractivity contribution >= 4 is 52.5 Å². The van der Waals surface area contributed by atoms with E-state index in [1.54, 1.807) is 12.1 Å². The third-order valence-electron chi connectivity index (χ3n) is 5.53. The number of amides is 2. The second-order valence-corrected chi connectivity index (χ2v) is 8.58. The number of carbonyl (C=O) groups is 2. The van der Waals surface area contributed by atoms with Gasteiger partial charge >= 0.3 is 0 Å². The average Bonchev–Trinajstić information content (AvgIpc) is 2.69. The fraction of sp³-hybridized carbons (Fsp3) is 0.400. The number of fused-ring (bicyclic) bond motifs is 1. The van der Waals surface area contributed by atoms with Crippen molar-refractivity contribution in [1.29, 1.82) is 0 Å². The molecule has 4 rings (SSSR count). The molecule has 0 bridgehead atoms. The first-order chi connectivity index (χ1) is 14.3. The molecule has 1 atom stereocenters. The molecule has 1 aromatic heterocycles. The van der Waals surface area contributed by atoms with E-state index in [1.807, 2.05) is 4.90 Å². The number of nitrogens with one attached hydrogen (secondary N) is 3. The maximum Gasteiger partial charge on any atom is 0.258 e. The highest BCUT2D eigenvalue weighted by Crippen LogP contribution is 2.32. The molecule has 1 saturated heterocycles. The van der Waals surface area contributed by atoms with Gasteiger partial charge in [0.2, 0.25) is 17.8 Å². The molecule has 2 aliphatic heterocycles. The van der Waals surface area contributed by atoms with Crippen molar-refractivity contribution in [2.75, 3.05) is 28.6 Å². The maximum absolute atomic E-state index is 12.9. The average molecular weight is 450 g/mol. The van der Waals surface area contributed by atoms with Gasteiger partial charge in [0, 0.05) is 24.5 Å². The van der Waals surface area contributed by atoms with Gasteiger partial charge in [-0.2, -0.15) is 4.98 Å². The van der Waals surface area contributed by atoms with E-state index in [-0.39, 0.29) is 28.7 Å². The minimum atomic E-state index is -0.979. The van der Waals surface area contributed by atoms with E-state index in [0.29, 0.717) is 22.6 Å². The molecule has 3 N–H and O–H groups in total. The van der Waals surface area contributed by atoms with E-state index in [1.165, 1.54) is 6.07 Å². The first-order valence-electron chi connectivity index (χ1n) is 9.76. The van der Waals surface area contributed by atoms with Gasteiger partial charge in [-0.25, -0.2) is 0 Å². The van der Waals surface area contributed by atoms with Gasteiger partial charge < -0.3 is 15.5 Å². The van der Waals surface area contributed by atoms with Crippen LogP contribution in [0.25, 0.3) is 0 Å². The normalized spacial score (nSPS) is 19.2. The van der Waals surface area contributed by atoms with E-state index < -0.39 is 17.4 Å².